The number of hydrogen-bond acceptors (Lipinski definition) is 3. The van der Waals surface area contributed by atoms with Gasteiger partial charge in [-0.1, -0.05) is 42.5 Å². The summed E-state index contributed by atoms with van der Waals surface area (Å²) < 4.78 is 0. The van der Waals surface area contributed by atoms with Crippen LogP contribution in [0.2, 0.25) is 0 Å². The average Bonchev–Trinajstić information content (AvgIpc) is 3.45. The lowest BCUT2D eigenvalue weighted by molar-refractivity contribution is -0.119. The molecule has 3 saturated heterocycles. The number of aliphatic hydroxyl groups is 1. The summed E-state index contributed by atoms with van der Waals surface area (Å²) in [6.45, 7) is 3.44. The van der Waals surface area contributed by atoms with E-state index in [-0.39, 0.29) is 12.5 Å². The Morgan fingerprint density at radius 1 is 1.04 bits per heavy atom. The molecule has 4 aliphatic rings. The Morgan fingerprint density at radius 3 is 2.46 bits per heavy atom. The van der Waals surface area contributed by atoms with E-state index in [0.717, 1.165) is 34.6 Å². The third kappa shape index (κ3) is 2.56. The second kappa shape index (κ2) is 6.22. The van der Waals surface area contributed by atoms with Gasteiger partial charge in [-0.2, -0.15) is 0 Å². The number of amides is 1. The second-order valence-corrected chi connectivity index (χ2v) is 7.82. The zero-order valence-electron chi connectivity index (χ0n) is 14.9. The Labute approximate surface area is 154 Å². The number of nitrogens with zero attached hydrogens (tertiary/aromatic N) is 2. The topological polar surface area (TPSA) is 43.5 Å². The minimum absolute atomic E-state index is 0.0268. The van der Waals surface area contributed by atoms with Crippen LogP contribution in [0.15, 0.2) is 42.5 Å². The van der Waals surface area contributed by atoms with Crippen molar-refractivity contribution in [3.05, 3.63) is 48.0 Å². The highest BCUT2D eigenvalue weighted by Gasteiger charge is 2.43. The molecule has 134 valence electrons. The molecule has 6 rings (SSSR count). The number of aliphatic hydroxyl groups excluding tert-OH is 1. The highest BCUT2D eigenvalue weighted by atomic mass is 16.3. The maximum Gasteiger partial charge on any atom is 0.232 e. The summed E-state index contributed by atoms with van der Waals surface area (Å²) in [6, 6.07) is 14.2. The van der Waals surface area contributed by atoms with E-state index in [1.807, 2.05) is 35.2 Å². The van der Waals surface area contributed by atoms with Crippen LogP contribution in [0.5, 0.6) is 0 Å². The van der Waals surface area contributed by atoms with Crippen molar-refractivity contribution < 1.29 is 9.90 Å². The molecule has 1 N–H and O–H groups in total. The van der Waals surface area contributed by atoms with E-state index >= 15 is 0 Å². The molecule has 0 aromatic heterocycles. The number of anilines is 2. The average molecular weight is 348 g/mol. The van der Waals surface area contributed by atoms with E-state index in [1.165, 1.54) is 25.9 Å². The van der Waals surface area contributed by atoms with Gasteiger partial charge in [0.2, 0.25) is 5.91 Å². The first-order valence-corrected chi connectivity index (χ1v) is 9.63. The van der Waals surface area contributed by atoms with Crippen LogP contribution in [0, 0.1) is 11.8 Å². The van der Waals surface area contributed by atoms with Crippen molar-refractivity contribution in [2.45, 2.75) is 25.9 Å². The standard InChI is InChI=1S/C22H24N2O2/c25-14-17-6-7-19(16-4-2-1-3-5-16)22-21(17)24(22)20(26)12-18-13-23-10-8-15(18)9-11-23/h1-7,15,18,25H,8-14H2. The fourth-order valence-electron chi connectivity index (χ4n) is 4.91. The molecule has 1 atom stereocenters. The first kappa shape index (κ1) is 16.0. The summed E-state index contributed by atoms with van der Waals surface area (Å²) in [5, 5.41) is 9.68. The van der Waals surface area contributed by atoms with Crippen LogP contribution in [-0.2, 0) is 11.4 Å². The molecule has 2 bridgehead atoms. The Bertz CT molecular complexity index is 841. The van der Waals surface area contributed by atoms with Crippen molar-refractivity contribution >= 4 is 17.3 Å². The van der Waals surface area contributed by atoms with Crippen LogP contribution in [0.1, 0.15) is 24.8 Å². The van der Waals surface area contributed by atoms with Crippen LogP contribution in [0.3, 0.4) is 0 Å². The number of benzene rings is 2. The van der Waals surface area contributed by atoms with Gasteiger partial charge in [-0.15, -0.1) is 0 Å². The molecule has 26 heavy (non-hydrogen) atoms. The molecule has 0 aliphatic carbocycles. The third-order valence-electron chi connectivity index (χ3n) is 6.36. The maximum atomic E-state index is 13.1. The van der Waals surface area contributed by atoms with E-state index in [9.17, 15) is 9.90 Å². The third-order valence-corrected chi connectivity index (χ3v) is 6.36. The van der Waals surface area contributed by atoms with Gasteiger partial charge >= 0.3 is 0 Å². The summed E-state index contributed by atoms with van der Waals surface area (Å²) in [7, 11) is 0. The summed E-state index contributed by atoms with van der Waals surface area (Å²) in [5.74, 6) is 1.38. The molecule has 0 radical (unpaired) electrons. The van der Waals surface area contributed by atoms with Crippen molar-refractivity contribution in [1.82, 2.24) is 4.90 Å². The minimum Gasteiger partial charge on any atom is -0.392 e. The Balaban J connectivity index is 1.41. The van der Waals surface area contributed by atoms with Gasteiger partial charge in [-0.3, -0.25) is 9.69 Å². The number of hydrogen-bond donors (Lipinski definition) is 1. The molecule has 1 unspecified atom stereocenters. The molecule has 2 aromatic rings. The van der Waals surface area contributed by atoms with E-state index in [2.05, 4.69) is 17.0 Å². The van der Waals surface area contributed by atoms with Gasteiger partial charge < -0.3 is 10.0 Å². The molecule has 0 saturated carbocycles. The molecular formula is C22H24N2O2. The Morgan fingerprint density at radius 2 is 1.81 bits per heavy atom. The summed E-state index contributed by atoms with van der Waals surface area (Å²) in [4.78, 5) is 17.4. The van der Waals surface area contributed by atoms with E-state index in [0.29, 0.717) is 18.3 Å². The molecule has 2 aromatic carbocycles. The molecule has 4 heteroatoms. The van der Waals surface area contributed by atoms with Crippen molar-refractivity contribution in [2.24, 2.45) is 11.8 Å². The van der Waals surface area contributed by atoms with Gasteiger partial charge in [-0.05, 0) is 43.3 Å². The first-order chi connectivity index (χ1) is 12.8. The highest BCUT2D eigenvalue weighted by Crippen LogP contribution is 2.57. The van der Waals surface area contributed by atoms with Crippen LogP contribution >= 0.6 is 0 Å². The normalized spacial score (nSPS) is 25.9. The van der Waals surface area contributed by atoms with Crippen molar-refractivity contribution in [3.8, 4) is 11.1 Å². The number of carbonyl (C=O) groups excluding carboxylic acids is 1. The van der Waals surface area contributed by atoms with Gasteiger partial charge in [0, 0.05) is 24.1 Å². The van der Waals surface area contributed by atoms with Crippen LogP contribution in [0.4, 0.5) is 11.4 Å². The van der Waals surface area contributed by atoms with Gasteiger partial charge in [0.05, 0.1) is 18.0 Å². The van der Waals surface area contributed by atoms with Crippen molar-refractivity contribution in [2.75, 3.05) is 24.5 Å². The minimum atomic E-state index is -0.0268. The van der Waals surface area contributed by atoms with Gasteiger partial charge in [0.25, 0.3) is 0 Å². The smallest absolute Gasteiger partial charge is 0.232 e. The van der Waals surface area contributed by atoms with Gasteiger partial charge in [0.1, 0.15) is 0 Å². The molecule has 1 amide bonds. The van der Waals surface area contributed by atoms with Gasteiger partial charge in [-0.25, -0.2) is 0 Å². The lowest BCUT2D eigenvalue weighted by atomic mass is 9.77. The van der Waals surface area contributed by atoms with Crippen LogP contribution in [-0.4, -0.2) is 35.5 Å². The van der Waals surface area contributed by atoms with E-state index < -0.39 is 0 Å². The number of rotatable bonds is 4. The van der Waals surface area contributed by atoms with Gasteiger partial charge in [0.15, 0.2) is 0 Å². The summed E-state index contributed by atoms with van der Waals surface area (Å²) in [5.41, 5.74) is 4.97. The molecule has 4 aliphatic heterocycles. The zero-order chi connectivity index (χ0) is 17.7. The predicted molar refractivity (Wildman–Crippen MR) is 102 cm³/mol. The number of fused-ring (bicyclic) bond motifs is 4. The highest BCUT2D eigenvalue weighted by molar-refractivity contribution is 6.21. The molecule has 0 spiro atoms. The van der Waals surface area contributed by atoms with Crippen molar-refractivity contribution in [3.63, 3.8) is 0 Å². The molecular weight excluding hydrogens is 324 g/mol. The van der Waals surface area contributed by atoms with E-state index in [1.54, 1.807) is 0 Å². The van der Waals surface area contributed by atoms with Crippen LogP contribution < -0.4 is 4.90 Å². The Hall–Kier alpha value is -2.17. The predicted octanol–water partition coefficient (Wildman–Crippen LogP) is 3.56. The fraction of sp³-hybridized carbons (Fsp3) is 0.409. The first-order valence-electron chi connectivity index (χ1n) is 9.63. The second-order valence-electron chi connectivity index (χ2n) is 7.82. The molecule has 4 nitrogen and oxygen atoms in total. The fourth-order valence-corrected chi connectivity index (χ4v) is 4.91. The quantitative estimate of drug-likeness (QED) is 0.859. The van der Waals surface area contributed by atoms with E-state index in [4.69, 9.17) is 0 Å². The molecule has 3 fully saturated rings. The number of piperidine rings is 3. The monoisotopic (exact) mass is 348 g/mol. The van der Waals surface area contributed by atoms with Crippen LogP contribution in [0.25, 0.3) is 11.1 Å². The SMILES string of the molecule is O=C(CC1CN2CCC1CC2)N1c2c(CO)ccc(-c3ccccc3)c21. The zero-order valence-corrected chi connectivity index (χ0v) is 14.9. The Kier molecular flexibility index (Phi) is 3.84. The summed E-state index contributed by atoms with van der Waals surface area (Å²) >= 11 is 0. The number of carbonyl (C=O) groups is 1. The largest absolute Gasteiger partial charge is 0.392 e. The molecule has 4 heterocycles. The lowest BCUT2D eigenvalue weighted by Crippen LogP contribution is -2.48. The lowest BCUT2D eigenvalue weighted by Gasteiger charge is -2.44. The maximum absolute atomic E-state index is 13.1. The summed E-state index contributed by atoms with van der Waals surface area (Å²) in [6.07, 6.45) is 3.10. The van der Waals surface area contributed by atoms with Crippen molar-refractivity contribution in [1.29, 1.82) is 0 Å².